The van der Waals surface area contributed by atoms with E-state index in [9.17, 15) is 0 Å². The Morgan fingerprint density at radius 2 is 1.83 bits per heavy atom. The van der Waals surface area contributed by atoms with Crippen LogP contribution in [0.1, 0.15) is 45.4 Å². The van der Waals surface area contributed by atoms with Crippen molar-refractivity contribution in [2.75, 3.05) is 6.54 Å². The van der Waals surface area contributed by atoms with Crippen molar-refractivity contribution in [1.29, 1.82) is 0 Å². The summed E-state index contributed by atoms with van der Waals surface area (Å²) in [6.07, 6.45) is 8.73. The molecule has 0 aromatic heterocycles. The highest BCUT2D eigenvalue weighted by molar-refractivity contribution is 4.82. The third-order valence-electron chi connectivity index (χ3n) is 3.20. The first-order valence-corrected chi connectivity index (χ1v) is 5.62. The van der Waals surface area contributed by atoms with Crippen LogP contribution in [0.4, 0.5) is 0 Å². The lowest BCUT2D eigenvalue weighted by molar-refractivity contribution is 0.437. The van der Waals surface area contributed by atoms with Crippen LogP contribution >= 0.6 is 0 Å². The van der Waals surface area contributed by atoms with Gasteiger partial charge in [0.2, 0.25) is 0 Å². The van der Waals surface area contributed by atoms with E-state index < -0.39 is 0 Å². The normalized spacial score (nSPS) is 25.8. The topological polar surface area (TPSA) is 12.0 Å². The summed E-state index contributed by atoms with van der Waals surface area (Å²) in [4.78, 5) is 0. The van der Waals surface area contributed by atoms with Gasteiger partial charge in [-0.15, -0.1) is 0 Å². The van der Waals surface area contributed by atoms with Gasteiger partial charge in [-0.25, -0.2) is 0 Å². The molecule has 2 fully saturated rings. The van der Waals surface area contributed by atoms with E-state index in [-0.39, 0.29) is 0 Å². The Balaban J connectivity index is 1.58. The quantitative estimate of drug-likeness (QED) is 0.641. The molecule has 0 spiro atoms. The van der Waals surface area contributed by atoms with Crippen molar-refractivity contribution in [2.45, 2.75) is 51.5 Å². The first-order valence-electron chi connectivity index (χ1n) is 5.62. The first kappa shape index (κ1) is 8.55. The third kappa shape index (κ3) is 2.78. The molecule has 0 saturated heterocycles. The van der Waals surface area contributed by atoms with Gasteiger partial charge in [-0.05, 0) is 44.1 Å². The summed E-state index contributed by atoms with van der Waals surface area (Å²) < 4.78 is 0. The molecule has 12 heavy (non-hydrogen) atoms. The summed E-state index contributed by atoms with van der Waals surface area (Å²) in [5.74, 6) is 2.12. The molecule has 70 valence electrons. The molecule has 0 aliphatic heterocycles. The zero-order chi connectivity index (χ0) is 8.39. The van der Waals surface area contributed by atoms with Gasteiger partial charge < -0.3 is 5.32 Å². The molecule has 2 aliphatic rings. The highest BCUT2D eigenvalue weighted by atomic mass is 14.9. The molecular formula is C11H21N. The molecule has 1 heteroatoms. The van der Waals surface area contributed by atoms with Crippen LogP contribution in [0.5, 0.6) is 0 Å². The van der Waals surface area contributed by atoms with Gasteiger partial charge in [-0.3, -0.25) is 0 Å². The van der Waals surface area contributed by atoms with E-state index in [1.54, 1.807) is 0 Å². The number of hydrogen-bond acceptors (Lipinski definition) is 1. The van der Waals surface area contributed by atoms with Gasteiger partial charge in [0, 0.05) is 6.04 Å². The van der Waals surface area contributed by atoms with Crippen molar-refractivity contribution < 1.29 is 0 Å². The summed E-state index contributed by atoms with van der Waals surface area (Å²) >= 11 is 0. The summed E-state index contributed by atoms with van der Waals surface area (Å²) in [7, 11) is 0. The minimum Gasteiger partial charge on any atom is -0.314 e. The van der Waals surface area contributed by atoms with Crippen molar-refractivity contribution >= 4 is 0 Å². The fourth-order valence-corrected chi connectivity index (χ4v) is 1.81. The van der Waals surface area contributed by atoms with Crippen LogP contribution in [0, 0.1) is 11.8 Å². The second-order valence-electron chi connectivity index (χ2n) is 4.64. The molecule has 1 unspecified atom stereocenters. The van der Waals surface area contributed by atoms with Crippen LogP contribution in [-0.4, -0.2) is 12.6 Å². The first-order chi connectivity index (χ1) is 5.88. The number of rotatable bonds is 6. The standard InChI is InChI=1S/C11H21N/c1-2-11(7-9-3-4-9)12-8-10-5-6-10/h9-12H,2-8H2,1H3. The second-order valence-corrected chi connectivity index (χ2v) is 4.64. The van der Waals surface area contributed by atoms with E-state index in [0.29, 0.717) is 0 Å². The maximum absolute atomic E-state index is 3.70. The maximum Gasteiger partial charge on any atom is 0.00671 e. The monoisotopic (exact) mass is 167 g/mol. The van der Waals surface area contributed by atoms with Crippen molar-refractivity contribution in [3.8, 4) is 0 Å². The van der Waals surface area contributed by atoms with E-state index in [1.165, 1.54) is 45.1 Å². The van der Waals surface area contributed by atoms with E-state index >= 15 is 0 Å². The Labute approximate surface area is 75.9 Å². The van der Waals surface area contributed by atoms with Gasteiger partial charge in [-0.1, -0.05) is 19.8 Å². The molecule has 2 saturated carbocycles. The molecule has 0 amide bonds. The molecular weight excluding hydrogens is 146 g/mol. The molecule has 0 bridgehead atoms. The molecule has 0 radical (unpaired) electrons. The Morgan fingerprint density at radius 3 is 2.33 bits per heavy atom. The summed E-state index contributed by atoms with van der Waals surface area (Å²) in [6.45, 7) is 3.61. The lowest BCUT2D eigenvalue weighted by atomic mass is 10.1. The van der Waals surface area contributed by atoms with Crippen LogP contribution in [-0.2, 0) is 0 Å². The molecule has 1 nitrogen and oxygen atoms in total. The predicted molar refractivity (Wildman–Crippen MR) is 52.1 cm³/mol. The van der Waals surface area contributed by atoms with Gasteiger partial charge in [0.1, 0.15) is 0 Å². The van der Waals surface area contributed by atoms with E-state index in [4.69, 9.17) is 0 Å². The summed E-state index contributed by atoms with van der Waals surface area (Å²) in [6, 6.07) is 0.832. The Hall–Kier alpha value is -0.0400. The van der Waals surface area contributed by atoms with Crippen molar-refractivity contribution in [1.82, 2.24) is 5.32 Å². The van der Waals surface area contributed by atoms with Crippen LogP contribution in [0.15, 0.2) is 0 Å². The average molecular weight is 167 g/mol. The molecule has 0 heterocycles. The molecule has 1 N–H and O–H groups in total. The smallest absolute Gasteiger partial charge is 0.00671 e. The van der Waals surface area contributed by atoms with Gasteiger partial charge in [0.05, 0.1) is 0 Å². The number of nitrogens with one attached hydrogen (secondary N) is 1. The second kappa shape index (κ2) is 3.78. The fraction of sp³-hybridized carbons (Fsp3) is 1.00. The third-order valence-corrected chi connectivity index (χ3v) is 3.20. The Morgan fingerprint density at radius 1 is 1.17 bits per heavy atom. The highest BCUT2D eigenvalue weighted by Gasteiger charge is 2.26. The minimum absolute atomic E-state index is 0.832. The molecule has 0 aromatic carbocycles. The predicted octanol–water partition coefficient (Wildman–Crippen LogP) is 2.56. The van der Waals surface area contributed by atoms with Crippen molar-refractivity contribution in [3.05, 3.63) is 0 Å². The van der Waals surface area contributed by atoms with Crippen molar-refractivity contribution in [2.24, 2.45) is 11.8 Å². The van der Waals surface area contributed by atoms with Gasteiger partial charge in [0.25, 0.3) is 0 Å². The minimum atomic E-state index is 0.832. The molecule has 0 aromatic rings. The van der Waals surface area contributed by atoms with E-state index in [1.807, 2.05) is 0 Å². The SMILES string of the molecule is CCC(CC1CC1)NCC1CC1. The van der Waals surface area contributed by atoms with Crippen molar-refractivity contribution in [3.63, 3.8) is 0 Å². The Bertz CT molecular complexity index is 136. The van der Waals surface area contributed by atoms with Crippen LogP contribution < -0.4 is 5.32 Å². The zero-order valence-electron chi connectivity index (χ0n) is 8.18. The van der Waals surface area contributed by atoms with Crippen LogP contribution in [0.3, 0.4) is 0 Å². The van der Waals surface area contributed by atoms with Crippen LogP contribution in [0.25, 0.3) is 0 Å². The summed E-state index contributed by atoms with van der Waals surface area (Å²) in [5, 5.41) is 3.70. The van der Waals surface area contributed by atoms with Gasteiger partial charge >= 0.3 is 0 Å². The van der Waals surface area contributed by atoms with Gasteiger partial charge in [0.15, 0.2) is 0 Å². The number of hydrogen-bond donors (Lipinski definition) is 1. The molecule has 2 rings (SSSR count). The average Bonchev–Trinajstić information content (AvgIpc) is 2.92. The lowest BCUT2D eigenvalue weighted by Crippen LogP contribution is -2.30. The molecule has 2 aliphatic carbocycles. The zero-order valence-corrected chi connectivity index (χ0v) is 8.18. The van der Waals surface area contributed by atoms with Crippen LogP contribution in [0.2, 0.25) is 0 Å². The van der Waals surface area contributed by atoms with E-state index in [0.717, 1.165) is 17.9 Å². The largest absolute Gasteiger partial charge is 0.314 e. The highest BCUT2D eigenvalue weighted by Crippen LogP contribution is 2.34. The molecule has 1 atom stereocenters. The lowest BCUT2D eigenvalue weighted by Gasteiger charge is -2.15. The Kier molecular flexibility index (Phi) is 2.69. The summed E-state index contributed by atoms with van der Waals surface area (Å²) in [5.41, 5.74) is 0. The fourth-order valence-electron chi connectivity index (χ4n) is 1.81. The van der Waals surface area contributed by atoms with E-state index in [2.05, 4.69) is 12.2 Å². The van der Waals surface area contributed by atoms with Gasteiger partial charge in [-0.2, -0.15) is 0 Å². The maximum atomic E-state index is 3.70.